The van der Waals surface area contributed by atoms with Gasteiger partial charge in [-0.15, -0.1) is 0 Å². The highest BCUT2D eigenvalue weighted by atomic mass is 31.2. The molecular formula is C43H71O8P. The number of carbonyl (C=O) groups excluding carboxylic acids is 2. The van der Waals surface area contributed by atoms with Crippen molar-refractivity contribution in [2.24, 2.45) is 0 Å². The molecule has 52 heavy (non-hydrogen) atoms. The van der Waals surface area contributed by atoms with Crippen molar-refractivity contribution >= 4 is 19.8 Å². The van der Waals surface area contributed by atoms with E-state index in [1.807, 2.05) is 12.2 Å². The SMILES string of the molecule is CCCCC/C=C/C/C=C/C/C=C/C/C=C/C/C=C/CCC(=O)OC[C@H](COP(=O)(O)O)OC(=O)CCCCCCC/C=C/C/C=C/CCCCC. The van der Waals surface area contributed by atoms with Gasteiger partial charge in [0.15, 0.2) is 6.10 Å². The summed E-state index contributed by atoms with van der Waals surface area (Å²) in [5, 5.41) is 0. The van der Waals surface area contributed by atoms with Crippen LogP contribution in [-0.2, 0) is 28.2 Å². The lowest BCUT2D eigenvalue weighted by molar-refractivity contribution is -0.161. The Morgan fingerprint density at radius 1 is 0.500 bits per heavy atom. The second kappa shape index (κ2) is 38.0. The summed E-state index contributed by atoms with van der Waals surface area (Å²) in [5.41, 5.74) is 0. The molecule has 0 amide bonds. The van der Waals surface area contributed by atoms with Crippen LogP contribution in [0.5, 0.6) is 0 Å². The van der Waals surface area contributed by atoms with E-state index in [4.69, 9.17) is 19.3 Å². The third-order valence-corrected chi connectivity index (χ3v) is 8.39. The Hall–Kier alpha value is -2.77. The average Bonchev–Trinajstić information content (AvgIpc) is 3.11. The van der Waals surface area contributed by atoms with Crippen molar-refractivity contribution in [3.05, 3.63) is 85.1 Å². The zero-order valence-corrected chi connectivity index (χ0v) is 33.3. The van der Waals surface area contributed by atoms with E-state index in [1.165, 1.54) is 44.9 Å². The average molecular weight is 747 g/mol. The minimum absolute atomic E-state index is 0.136. The van der Waals surface area contributed by atoms with Crippen LogP contribution >= 0.6 is 7.82 Å². The first-order valence-corrected chi connectivity index (χ1v) is 21.4. The Morgan fingerprint density at radius 3 is 1.37 bits per heavy atom. The number of phosphoric ester groups is 1. The molecule has 296 valence electrons. The largest absolute Gasteiger partial charge is 0.469 e. The highest BCUT2D eigenvalue weighted by Crippen LogP contribution is 2.36. The van der Waals surface area contributed by atoms with E-state index >= 15 is 0 Å². The number of hydrogen-bond donors (Lipinski definition) is 2. The fourth-order valence-electron chi connectivity index (χ4n) is 4.91. The van der Waals surface area contributed by atoms with Crippen molar-refractivity contribution in [3.63, 3.8) is 0 Å². The van der Waals surface area contributed by atoms with Gasteiger partial charge in [0.2, 0.25) is 0 Å². The minimum atomic E-state index is -4.78. The topological polar surface area (TPSA) is 119 Å². The van der Waals surface area contributed by atoms with Gasteiger partial charge in [0.05, 0.1) is 6.61 Å². The van der Waals surface area contributed by atoms with E-state index in [1.54, 1.807) is 0 Å². The van der Waals surface area contributed by atoms with Crippen molar-refractivity contribution in [2.45, 2.75) is 161 Å². The molecule has 0 aromatic carbocycles. The number of phosphoric acid groups is 1. The summed E-state index contributed by atoms with van der Waals surface area (Å²) in [5.74, 6) is -1.01. The summed E-state index contributed by atoms with van der Waals surface area (Å²) in [6.07, 6.45) is 50.2. The second-order valence-electron chi connectivity index (χ2n) is 12.9. The Balaban J connectivity index is 4.12. The maximum Gasteiger partial charge on any atom is 0.469 e. The number of unbranched alkanes of at least 4 members (excludes halogenated alkanes) is 11. The van der Waals surface area contributed by atoms with Gasteiger partial charge in [0, 0.05) is 12.8 Å². The molecule has 0 fully saturated rings. The second-order valence-corrected chi connectivity index (χ2v) is 14.1. The molecule has 0 rings (SSSR count). The molecular weight excluding hydrogens is 675 g/mol. The van der Waals surface area contributed by atoms with Crippen LogP contribution in [0.15, 0.2) is 85.1 Å². The molecule has 0 spiro atoms. The lowest BCUT2D eigenvalue weighted by Crippen LogP contribution is -2.29. The van der Waals surface area contributed by atoms with E-state index in [2.05, 4.69) is 91.3 Å². The molecule has 9 heteroatoms. The molecule has 0 aliphatic heterocycles. The first-order valence-electron chi connectivity index (χ1n) is 19.9. The van der Waals surface area contributed by atoms with Crippen LogP contribution in [-0.4, -0.2) is 41.0 Å². The summed E-state index contributed by atoms with van der Waals surface area (Å²) < 4.78 is 26.2. The third-order valence-electron chi connectivity index (χ3n) is 7.90. The van der Waals surface area contributed by atoms with E-state index in [9.17, 15) is 14.2 Å². The van der Waals surface area contributed by atoms with Gasteiger partial charge >= 0.3 is 19.8 Å². The summed E-state index contributed by atoms with van der Waals surface area (Å²) >= 11 is 0. The molecule has 2 N–H and O–H groups in total. The first-order chi connectivity index (χ1) is 25.3. The first kappa shape index (κ1) is 49.2. The van der Waals surface area contributed by atoms with Crippen molar-refractivity contribution in [1.82, 2.24) is 0 Å². The number of hydrogen-bond acceptors (Lipinski definition) is 6. The Morgan fingerprint density at radius 2 is 0.904 bits per heavy atom. The molecule has 0 aliphatic carbocycles. The molecule has 0 heterocycles. The molecule has 0 saturated carbocycles. The summed E-state index contributed by atoms with van der Waals surface area (Å²) in [4.78, 5) is 42.7. The number of esters is 2. The number of carbonyl (C=O) groups is 2. The van der Waals surface area contributed by atoms with Crippen molar-refractivity contribution < 1.29 is 37.9 Å². The van der Waals surface area contributed by atoms with Crippen LogP contribution in [0.25, 0.3) is 0 Å². The maximum absolute atomic E-state index is 12.4. The summed E-state index contributed by atoms with van der Waals surface area (Å²) in [6, 6.07) is 0. The van der Waals surface area contributed by atoms with Gasteiger partial charge in [-0.3, -0.25) is 14.1 Å². The Kier molecular flexibility index (Phi) is 35.9. The third kappa shape index (κ3) is 40.0. The molecule has 0 aromatic heterocycles. The minimum Gasteiger partial charge on any atom is -0.462 e. The standard InChI is InChI=1S/C43H71O8P/c1-3-5-7-9-11-13-15-17-19-20-21-22-24-25-27-29-31-33-35-37-42(44)49-39-41(40-50-52(46,47)48)51-43(45)38-36-34-32-30-28-26-23-18-16-14-12-10-8-6-4-2/h11-14,17-19,21-23,25,27,31,33,41H,3-10,15-16,20,24,26,28-30,32,34-40H2,1-2H3,(H2,46,47,48)/b13-11+,14-12+,19-17+,22-21+,23-18+,27-25+,33-31+/t41-/m1/s1. The maximum atomic E-state index is 12.4. The van der Waals surface area contributed by atoms with Gasteiger partial charge in [0.25, 0.3) is 0 Å². The molecule has 0 unspecified atom stereocenters. The summed E-state index contributed by atoms with van der Waals surface area (Å²) in [7, 11) is -4.78. The fraction of sp³-hybridized carbons (Fsp3) is 0.628. The van der Waals surface area contributed by atoms with Crippen LogP contribution in [0.1, 0.15) is 155 Å². The summed E-state index contributed by atoms with van der Waals surface area (Å²) in [6.45, 7) is 3.53. The number of rotatable bonds is 35. The van der Waals surface area contributed by atoms with Gasteiger partial charge in [-0.05, 0) is 83.5 Å². The molecule has 0 aliphatic rings. The molecule has 8 nitrogen and oxygen atoms in total. The van der Waals surface area contributed by atoms with Gasteiger partial charge in [0.1, 0.15) is 6.61 Å². The van der Waals surface area contributed by atoms with E-state index in [0.717, 1.165) is 70.6 Å². The van der Waals surface area contributed by atoms with Crippen molar-refractivity contribution in [3.8, 4) is 0 Å². The number of allylic oxidation sites excluding steroid dienone is 14. The predicted octanol–water partition coefficient (Wildman–Crippen LogP) is 12.1. The van der Waals surface area contributed by atoms with Crippen molar-refractivity contribution in [2.75, 3.05) is 13.2 Å². The lowest BCUT2D eigenvalue weighted by atomic mass is 10.1. The molecule has 0 radical (unpaired) electrons. The van der Waals surface area contributed by atoms with Crippen molar-refractivity contribution in [1.29, 1.82) is 0 Å². The van der Waals surface area contributed by atoms with Crippen LogP contribution in [0.4, 0.5) is 0 Å². The van der Waals surface area contributed by atoms with E-state index < -0.39 is 32.5 Å². The van der Waals surface area contributed by atoms with Crippen LogP contribution in [0.3, 0.4) is 0 Å². The predicted molar refractivity (Wildman–Crippen MR) is 216 cm³/mol. The fourth-order valence-corrected chi connectivity index (χ4v) is 5.27. The van der Waals surface area contributed by atoms with Crippen LogP contribution in [0.2, 0.25) is 0 Å². The van der Waals surface area contributed by atoms with Gasteiger partial charge in [-0.2, -0.15) is 0 Å². The van der Waals surface area contributed by atoms with E-state index in [0.29, 0.717) is 12.8 Å². The Labute approximate surface area is 316 Å². The van der Waals surface area contributed by atoms with E-state index in [-0.39, 0.29) is 19.4 Å². The normalized spacial score (nSPS) is 13.4. The highest BCUT2D eigenvalue weighted by molar-refractivity contribution is 7.46. The van der Waals surface area contributed by atoms with Gasteiger partial charge in [-0.1, -0.05) is 144 Å². The molecule has 0 saturated heterocycles. The molecule has 1 atom stereocenters. The smallest absolute Gasteiger partial charge is 0.462 e. The zero-order chi connectivity index (χ0) is 38.2. The highest BCUT2D eigenvalue weighted by Gasteiger charge is 2.22. The quantitative estimate of drug-likeness (QED) is 0.0285. The Bertz CT molecular complexity index is 1110. The monoisotopic (exact) mass is 746 g/mol. The number of ether oxygens (including phenoxy) is 2. The molecule has 0 aromatic rings. The molecule has 0 bridgehead atoms. The van der Waals surface area contributed by atoms with Gasteiger partial charge in [-0.25, -0.2) is 4.57 Å². The van der Waals surface area contributed by atoms with Gasteiger partial charge < -0.3 is 19.3 Å². The van der Waals surface area contributed by atoms with Crippen LogP contribution < -0.4 is 0 Å². The zero-order valence-electron chi connectivity index (χ0n) is 32.4. The lowest BCUT2D eigenvalue weighted by Gasteiger charge is -2.18. The van der Waals surface area contributed by atoms with Crippen LogP contribution in [0, 0.1) is 0 Å².